The van der Waals surface area contributed by atoms with Crippen LogP contribution in [0.5, 0.6) is 5.75 Å². The molecule has 2 amide bonds. The van der Waals surface area contributed by atoms with Gasteiger partial charge in [0, 0.05) is 0 Å². The molecule has 3 aromatic carbocycles. The van der Waals surface area contributed by atoms with Crippen LogP contribution in [0.4, 0.5) is 15.8 Å². The third kappa shape index (κ3) is 3.14. The Morgan fingerprint density at radius 1 is 0.839 bits per heavy atom. The van der Waals surface area contributed by atoms with E-state index in [1.807, 2.05) is 54.6 Å². The highest BCUT2D eigenvalue weighted by molar-refractivity contribution is 6.23. The minimum atomic E-state index is -0.968. The van der Waals surface area contributed by atoms with E-state index < -0.39 is 29.8 Å². The van der Waals surface area contributed by atoms with E-state index in [0.717, 1.165) is 16.2 Å². The number of fused-ring (bicyclic) bond motifs is 1. The summed E-state index contributed by atoms with van der Waals surface area (Å²) in [5.41, 5.74) is 1.89. The Bertz CT molecular complexity index is 1120. The quantitative estimate of drug-likeness (QED) is 0.602. The maximum Gasteiger partial charge on any atom is 0.266 e. The number of benzene rings is 3. The zero-order valence-electron chi connectivity index (χ0n) is 16.6. The lowest BCUT2D eigenvalue weighted by atomic mass is 9.90. The molecular formula is C24H19FN2O4. The molecule has 5 rings (SSSR count). The number of ether oxygens (including phenoxy) is 1. The second-order valence-electron chi connectivity index (χ2n) is 7.42. The van der Waals surface area contributed by atoms with E-state index in [9.17, 15) is 14.0 Å². The fraction of sp³-hybridized carbons (Fsp3) is 0.167. The van der Waals surface area contributed by atoms with Gasteiger partial charge < -0.3 is 4.74 Å². The molecule has 0 saturated carbocycles. The highest BCUT2D eigenvalue weighted by atomic mass is 19.1. The van der Waals surface area contributed by atoms with E-state index in [-0.39, 0.29) is 5.91 Å². The molecule has 0 radical (unpaired) electrons. The van der Waals surface area contributed by atoms with Crippen LogP contribution in [0.2, 0.25) is 0 Å². The number of hydrogen-bond acceptors (Lipinski definition) is 5. The molecule has 0 aliphatic carbocycles. The van der Waals surface area contributed by atoms with Crippen LogP contribution < -0.4 is 14.7 Å². The molecule has 7 heteroatoms. The van der Waals surface area contributed by atoms with Gasteiger partial charge in [-0.15, -0.1) is 0 Å². The fourth-order valence-corrected chi connectivity index (χ4v) is 4.20. The average Bonchev–Trinajstić information content (AvgIpc) is 3.31. The van der Waals surface area contributed by atoms with Gasteiger partial charge in [0.1, 0.15) is 17.5 Å². The topological polar surface area (TPSA) is 59.1 Å². The molecule has 0 bridgehead atoms. The Hall–Kier alpha value is -3.71. The number of methoxy groups -OCH3 is 1. The number of nitrogens with zero attached hydrogens (tertiary/aromatic N) is 2. The van der Waals surface area contributed by atoms with Crippen LogP contribution >= 0.6 is 0 Å². The van der Waals surface area contributed by atoms with Gasteiger partial charge in [-0.1, -0.05) is 30.3 Å². The second kappa shape index (κ2) is 7.52. The summed E-state index contributed by atoms with van der Waals surface area (Å²) in [6.45, 7) is 0. The number of carbonyl (C=O) groups is 2. The lowest BCUT2D eigenvalue weighted by Gasteiger charge is -2.28. The minimum absolute atomic E-state index is 0.328. The number of amides is 2. The first-order chi connectivity index (χ1) is 15.1. The summed E-state index contributed by atoms with van der Waals surface area (Å²) in [5, 5.41) is 1.63. The van der Waals surface area contributed by atoms with Gasteiger partial charge in [0.2, 0.25) is 5.91 Å². The van der Waals surface area contributed by atoms with Gasteiger partial charge in [0.05, 0.1) is 24.5 Å². The molecule has 156 valence electrons. The van der Waals surface area contributed by atoms with Crippen LogP contribution in [0.15, 0.2) is 78.9 Å². The predicted octanol–water partition coefficient (Wildman–Crippen LogP) is 3.89. The smallest absolute Gasteiger partial charge is 0.266 e. The summed E-state index contributed by atoms with van der Waals surface area (Å²) in [6, 6.07) is 21.5. The molecule has 0 N–H and O–H groups in total. The second-order valence-corrected chi connectivity index (χ2v) is 7.42. The van der Waals surface area contributed by atoms with Crippen molar-refractivity contribution in [1.29, 1.82) is 0 Å². The number of hydrogen-bond donors (Lipinski definition) is 0. The van der Waals surface area contributed by atoms with Crippen molar-refractivity contribution in [3.63, 3.8) is 0 Å². The van der Waals surface area contributed by atoms with Crippen LogP contribution in [0, 0.1) is 11.7 Å². The van der Waals surface area contributed by atoms with Crippen molar-refractivity contribution in [2.45, 2.75) is 12.1 Å². The Labute approximate surface area is 178 Å². The van der Waals surface area contributed by atoms with E-state index >= 15 is 0 Å². The molecule has 3 atom stereocenters. The summed E-state index contributed by atoms with van der Waals surface area (Å²) in [6.07, 6.45) is -0.968. The van der Waals surface area contributed by atoms with Crippen molar-refractivity contribution in [3.8, 4) is 5.75 Å². The maximum atomic E-state index is 13.4. The Balaban J connectivity index is 1.57. The van der Waals surface area contributed by atoms with Gasteiger partial charge in [0.15, 0.2) is 6.10 Å². The van der Waals surface area contributed by atoms with Gasteiger partial charge in [-0.3, -0.25) is 14.4 Å². The number of para-hydroxylation sites is 1. The van der Waals surface area contributed by atoms with E-state index in [1.54, 1.807) is 12.2 Å². The number of imide groups is 1. The maximum absolute atomic E-state index is 13.4. The van der Waals surface area contributed by atoms with Gasteiger partial charge in [-0.2, -0.15) is 0 Å². The summed E-state index contributed by atoms with van der Waals surface area (Å²) in [5.74, 6) is -1.33. The van der Waals surface area contributed by atoms with Crippen LogP contribution in [-0.2, 0) is 14.4 Å². The number of hydroxylamine groups is 1. The molecule has 31 heavy (non-hydrogen) atoms. The van der Waals surface area contributed by atoms with Crippen molar-refractivity contribution in [2.75, 3.05) is 17.1 Å². The van der Waals surface area contributed by atoms with E-state index in [1.165, 1.54) is 24.3 Å². The standard InChI is InChI=1S/C24H19FN2O4/c1-30-19-13-7-15(8-14-19)21-20-22(31-27(21)18-5-3-2-4-6-18)24(29)26(23(20)28)17-11-9-16(25)10-12-17/h2-14,20-22H,1H3/t20-,21+,22+/m0/s1. The van der Waals surface area contributed by atoms with E-state index in [0.29, 0.717) is 11.4 Å². The van der Waals surface area contributed by atoms with E-state index in [4.69, 9.17) is 9.57 Å². The number of halogens is 1. The molecular weight excluding hydrogens is 399 g/mol. The predicted molar refractivity (Wildman–Crippen MR) is 112 cm³/mol. The third-order valence-corrected chi connectivity index (χ3v) is 5.67. The molecule has 6 nitrogen and oxygen atoms in total. The zero-order valence-corrected chi connectivity index (χ0v) is 16.6. The molecule has 2 aliphatic heterocycles. The van der Waals surface area contributed by atoms with Gasteiger partial charge in [-0.25, -0.2) is 14.4 Å². The number of rotatable bonds is 4. The molecule has 0 spiro atoms. The Morgan fingerprint density at radius 2 is 1.52 bits per heavy atom. The molecule has 3 aromatic rings. The van der Waals surface area contributed by atoms with E-state index in [2.05, 4.69) is 0 Å². The monoisotopic (exact) mass is 418 g/mol. The SMILES string of the molecule is COc1ccc([C@@H]2[C@@H]3C(=O)N(c4ccc(F)cc4)C(=O)[C@@H]3ON2c2ccccc2)cc1. The highest BCUT2D eigenvalue weighted by Gasteiger charge is 2.60. The molecule has 2 aliphatic rings. The molecule has 2 heterocycles. The average molecular weight is 418 g/mol. The van der Waals surface area contributed by atoms with Crippen LogP contribution in [0.3, 0.4) is 0 Å². The number of carbonyl (C=O) groups excluding carboxylic acids is 2. The third-order valence-electron chi connectivity index (χ3n) is 5.67. The van der Waals surface area contributed by atoms with Crippen molar-refractivity contribution in [1.82, 2.24) is 0 Å². The largest absolute Gasteiger partial charge is 0.497 e. The van der Waals surface area contributed by atoms with Crippen molar-refractivity contribution < 1.29 is 23.6 Å². The lowest BCUT2D eigenvalue weighted by Crippen LogP contribution is -2.37. The summed E-state index contributed by atoms with van der Waals surface area (Å²) >= 11 is 0. The van der Waals surface area contributed by atoms with Crippen LogP contribution in [-0.4, -0.2) is 25.0 Å². The summed E-state index contributed by atoms with van der Waals surface area (Å²) in [4.78, 5) is 33.8. The summed E-state index contributed by atoms with van der Waals surface area (Å²) < 4.78 is 18.6. The Kier molecular flexibility index (Phi) is 4.67. The first-order valence-corrected chi connectivity index (χ1v) is 9.87. The normalized spacial score (nSPS) is 22.7. The summed E-state index contributed by atoms with van der Waals surface area (Å²) in [7, 11) is 1.58. The first-order valence-electron chi connectivity index (χ1n) is 9.87. The Morgan fingerprint density at radius 3 is 2.16 bits per heavy atom. The van der Waals surface area contributed by atoms with Gasteiger partial charge in [-0.05, 0) is 54.1 Å². The lowest BCUT2D eigenvalue weighted by molar-refractivity contribution is -0.126. The minimum Gasteiger partial charge on any atom is -0.497 e. The van der Waals surface area contributed by atoms with Crippen molar-refractivity contribution >= 4 is 23.2 Å². The molecule has 2 saturated heterocycles. The van der Waals surface area contributed by atoms with Crippen LogP contribution in [0.25, 0.3) is 0 Å². The highest BCUT2D eigenvalue weighted by Crippen LogP contribution is 2.47. The molecule has 0 unspecified atom stereocenters. The zero-order chi connectivity index (χ0) is 21.5. The number of anilines is 2. The van der Waals surface area contributed by atoms with Crippen molar-refractivity contribution in [2.24, 2.45) is 5.92 Å². The fourth-order valence-electron chi connectivity index (χ4n) is 4.20. The van der Waals surface area contributed by atoms with Gasteiger partial charge in [0.25, 0.3) is 5.91 Å². The molecule has 0 aromatic heterocycles. The van der Waals surface area contributed by atoms with Crippen LogP contribution in [0.1, 0.15) is 11.6 Å². The van der Waals surface area contributed by atoms with Crippen molar-refractivity contribution in [3.05, 3.63) is 90.2 Å². The van der Waals surface area contributed by atoms with Gasteiger partial charge >= 0.3 is 0 Å². The first kappa shape index (κ1) is 19.3. The molecule has 2 fully saturated rings.